The minimum atomic E-state index is 0.683. The highest BCUT2D eigenvalue weighted by Crippen LogP contribution is 2.11. The second kappa shape index (κ2) is 3.28. The van der Waals surface area contributed by atoms with Crippen LogP contribution in [0.1, 0.15) is 5.56 Å². The summed E-state index contributed by atoms with van der Waals surface area (Å²) < 4.78 is 0. The number of hydrazone groups is 1. The van der Waals surface area contributed by atoms with E-state index in [9.17, 15) is 0 Å². The summed E-state index contributed by atoms with van der Waals surface area (Å²) in [6, 6.07) is 9.71. The zero-order chi connectivity index (χ0) is 9.10. The SMILES string of the molecule is ON1N=CC=C(c2ccccc2)N1. The Kier molecular flexibility index (Phi) is 1.97. The van der Waals surface area contributed by atoms with E-state index in [1.807, 2.05) is 30.3 Å². The van der Waals surface area contributed by atoms with Gasteiger partial charge in [0.05, 0.1) is 11.9 Å². The number of rotatable bonds is 1. The average molecular weight is 175 g/mol. The molecule has 4 nitrogen and oxygen atoms in total. The van der Waals surface area contributed by atoms with E-state index in [1.165, 1.54) is 6.21 Å². The van der Waals surface area contributed by atoms with E-state index in [-0.39, 0.29) is 0 Å². The molecule has 0 bridgehead atoms. The van der Waals surface area contributed by atoms with Crippen molar-refractivity contribution in [3.8, 4) is 0 Å². The maximum Gasteiger partial charge on any atom is 0.0670 e. The van der Waals surface area contributed by atoms with E-state index < -0.39 is 0 Å². The molecule has 66 valence electrons. The van der Waals surface area contributed by atoms with E-state index in [1.54, 1.807) is 6.08 Å². The van der Waals surface area contributed by atoms with Gasteiger partial charge >= 0.3 is 0 Å². The molecule has 0 unspecified atom stereocenters. The largest absolute Gasteiger partial charge is 0.257 e. The van der Waals surface area contributed by atoms with E-state index in [0.717, 1.165) is 11.3 Å². The lowest BCUT2D eigenvalue weighted by molar-refractivity contribution is -0.120. The number of nitrogens with one attached hydrogen (secondary N) is 1. The summed E-state index contributed by atoms with van der Waals surface area (Å²) in [7, 11) is 0. The zero-order valence-electron chi connectivity index (χ0n) is 6.88. The third kappa shape index (κ3) is 1.68. The van der Waals surface area contributed by atoms with Crippen molar-refractivity contribution in [2.45, 2.75) is 0 Å². The van der Waals surface area contributed by atoms with Gasteiger partial charge in [-0.15, -0.1) is 5.10 Å². The van der Waals surface area contributed by atoms with Gasteiger partial charge in [0.25, 0.3) is 0 Å². The summed E-state index contributed by atoms with van der Waals surface area (Å²) in [6.45, 7) is 0. The van der Waals surface area contributed by atoms with Crippen molar-refractivity contribution in [2.24, 2.45) is 5.10 Å². The fourth-order valence-electron chi connectivity index (χ4n) is 1.12. The second-order valence-corrected chi connectivity index (χ2v) is 2.61. The van der Waals surface area contributed by atoms with Crippen molar-refractivity contribution < 1.29 is 5.21 Å². The normalized spacial score (nSPS) is 15.2. The molecule has 0 atom stereocenters. The number of nitrogens with zero attached hydrogens (tertiary/aromatic N) is 2. The molecule has 2 rings (SSSR count). The van der Waals surface area contributed by atoms with E-state index in [0.29, 0.717) is 5.28 Å². The molecule has 1 aliphatic heterocycles. The second-order valence-electron chi connectivity index (χ2n) is 2.61. The van der Waals surface area contributed by atoms with Gasteiger partial charge in [0.1, 0.15) is 0 Å². The van der Waals surface area contributed by atoms with Crippen LogP contribution in [0.3, 0.4) is 0 Å². The molecule has 0 aliphatic carbocycles. The average Bonchev–Trinajstić information content (AvgIpc) is 2.19. The predicted molar refractivity (Wildman–Crippen MR) is 49.7 cm³/mol. The molecule has 1 aliphatic rings. The summed E-state index contributed by atoms with van der Waals surface area (Å²) in [5.74, 6) is 0. The van der Waals surface area contributed by atoms with Crippen molar-refractivity contribution >= 4 is 11.9 Å². The van der Waals surface area contributed by atoms with Crippen LogP contribution in [0.5, 0.6) is 0 Å². The molecule has 0 fully saturated rings. The molecule has 0 radical (unpaired) electrons. The quantitative estimate of drug-likeness (QED) is 0.674. The summed E-state index contributed by atoms with van der Waals surface area (Å²) in [5, 5.41) is 13.3. The highest BCUT2D eigenvalue weighted by Gasteiger charge is 2.05. The molecular weight excluding hydrogens is 166 g/mol. The molecule has 1 heterocycles. The van der Waals surface area contributed by atoms with Gasteiger partial charge in [-0.3, -0.25) is 10.6 Å². The van der Waals surface area contributed by atoms with Crippen LogP contribution in [0.25, 0.3) is 5.70 Å². The molecule has 1 aromatic carbocycles. The Morgan fingerprint density at radius 3 is 2.69 bits per heavy atom. The van der Waals surface area contributed by atoms with Crippen molar-refractivity contribution in [1.29, 1.82) is 0 Å². The molecule has 0 saturated heterocycles. The van der Waals surface area contributed by atoms with Crippen LogP contribution in [0.2, 0.25) is 0 Å². The van der Waals surface area contributed by atoms with Crippen molar-refractivity contribution in [2.75, 3.05) is 0 Å². The number of allylic oxidation sites excluding steroid dienone is 1. The van der Waals surface area contributed by atoms with Crippen LogP contribution in [-0.2, 0) is 0 Å². The van der Waals surface area contributed by atoms with Crippen LogP contribution < -0.4 is 5.43 Å². The molecule has 0 saturated carbocycles. The van der Waals surface area contributed by atoms with Gasteiger partial charge < -0.3 is 0 Å². The van der Waals surface area contributed by atoms with Crippen LogP contribution in [0.15, 0.2) is 41.5 Å². The molecule has 0 aromatic heterocycles. The minimum absolute atomic E-state index is 0.683. The molecule has 13 heavy (non-hydrogen) atoms. The molecule has 2 N–H and O–H groups in total. The van der Waals surface area contributed by atoms with Crippen molar-refractivity contribution in [3.63, 3.8) is 0 Å². The van der Waals surface area contributed by atoms with Crippen LogP contribution >= 0.6 is 0 Å². The first kappa shape index (κ1) is 7.82. The fourth-order valence-corrected chi connectivity index (χ4v) is 1.12. The minimum Gasteiger partial charge on any atom is -0.257 e. The molecule has 0 amide bonds. The van der Waals surface area contributed by atoms with Gasteiger partial charge in [-0.25, -0.2) is 0 Å². The monoisotopic (exact) mass is 175 g/mol. The van der Waals surface area contributed by atoms with Gasteiger partial charge in [0.15, 0.2) is 0 Å². The van der Waals surface area contributed by atoms with Crippen molar-refractivity contribution in [1.82, 2.24) is 10.7 Å². The van der Waals surface area contributed by atoms with Crippen LogP contribution in [0.4, 0.5) is 0 Å². The van der Waals surface area contributed by atoms with Crippen molar-refractivity contribution in [3.05, 3.63) is 42.0 Å². The smallest absolute Gasteiger partial charge is 0.0670 e. The van der Waals surface area contributed by atoms with E-state index >= 15 is 0 Å². The number of benzene rings is 1. The fraction of sp³-hybridized carbons (Fsp3) is 0. The first-order chi connectivity index (χ1) is 6.36. The molecule has 1 aromatic rings. The Balaban J connectivity index is 2.28. The zero-order valence-corrected chi connectivity index (χ0v) is 6.88. The molecule has 4 heteroatoms. The highest BCUT2D eigenvalue weighted by molar-refractivity contribution is 5.84. The third-order valence-electron chi connectivity index (χ3n) is 1.72. The van der Waals surface area contributed by atoms with Gasteiger partial charge in [-0.1, -0.05) is 35.6 Å². The third-order valence-corrected chi connectivity index (χ3v) is 1.72. The lowest BCUT2D eigenvalue weighted by Crippen LogP contribution is -2.31. The number of hydrogen-bond donors (Lipinski definition) is 2. The summed E-state index contributed by atoms with van der Waals surface area (Å²) in [4.78, 5) is 0. The summed E-state index contributed by atoms with van der Waals surface area (Å²) in [6.07, 6.45) is 3.32. The number of hydrogen-bond acceptors (Lipinski definition) is 4. The first-order valence-electron chi connectivity index (χ1n) is 3.91. The predicted octanol–water partition coefficient (Wildman–Crippen LogP) is 1.22. The van der Waals surface area contributed by atoms with Gasteiger partial charge in [-0.05, 0) is 11.6 Å². The van der Waals surface area contributed by atoms with Crippen LogP contribution in [0, 0.1) is 0 Å². The molecule has 0 spiro atoms. The van der Waals surface area contributed by atoms with Gasteiger partial charge in [-0.2, -0.15) is 0 Å². The van der Waals surface area contributed by atoms with Gasteiger partial charge in [0, 0.05) is 0 Å². The maximum atomic E-state index is 9.02. The Bertz CT molecular complexity index is 345. The number of hydrazine groups is 1. The Hall–Kier alpha value is -1.81. The highest BCUT2D eigenvalue weighted by atomic mass is 16.6. The molecular formula is C9H9N3O. The summed E-state index contributed by atoms with van der Waals surface area (Å²) in [5.41, 5.74) is 4.51. The lowest BCUT2D eigenvalue weighted by Gasteiger charge is -2.18. The topological polar surface area (TPSA) is 47.9 Å². The van der Waals surface area contributed by atoms with Crippen LogP contribution in [-0.4, -0.2) is 16.7 Å². The maximum absolute atomic E-state index is 9.02. The van der Waals surface area contributed by atoms with E-state index in [4.69, 9.17) is 5.21 Å². The lowest BCUT2D eigenvalue weighted by atomic mass is 10.1. The standard InChI is InChI=1S/C9H9N3O/c13-12-10-7-6-9(11-12)8-4-2-1-3-5-8/h1-7,11,13H. The van der Waals surface area contributed by atoms with Gasteiger partial charge in [0.2, 0.25) is 0 Å². The Labute approximate surface area is 75.7 Å². The first-order valence-corrected chi connectivity index (χ1v) is 3.91. The summed E-state index contributed by atoms with van der Waals surface area (Å²) >= 11 is 0. The Morgan fingerprint density at radius 1 is 1.23 bits per heavy atom. The Morgan fingerprint density at radius 2 is 2.00 bits per heavy atom. The van der Waals surface area contributed by atoms with E-state index in [2.05, 4.69) is 10.5 Å².